The third kappa shape index (κ3) is 1.54. The Morgan fingerprint density at radius 3 is 2.59 bits per heavy atom. The third-order valence-corrected chi connectivity index (χ3v) is 2.72. The van der Waals surface area contributed by atoms with Gasteiger partial charge in [0.1, 0.15) is 5.82 Å². The molecule has 1 aromatic heterocycles. The van der Waals surface area contributed by atoms with Crippen LogP contribution in [0.1, 0.15) is 0 Å². The zero-order valence-corrected chi connectivity index (χ0v) is 8.97. The summed E-state index contributed by atoms with van der Waals surface area (Å²) in [7, 11) is 0. The minimum absolute atomic E-state index is 0.260. The first-order valence-corrected chi connectivity index (χ1v) is 5.24. The Hall–Kier alpha value is -2.36. The number of nitrogen functional groups attached to an aromatic ring is 1. The second kappa shape index (κ2) is 3.59. The minimum Gasteiger partial charge on any atom is -0.398 e. The Morgan fingerprint density at radius 2 is 1.82 bits per heavy atom. The molecule has 0 radical (unpaired) electrons. The predicted octanol–water partition coefficient (Wildman–Crippen LogP) is 2.75. The lowest BCUT2D eigenvalue weighted by atomic mass is 10.2. The molecule has 4 heteroatoms. The number of anilines is 1. The normalized spacial score (nSPS) is 10.9. The zero-order valence-electron chi connectivity index (χ0n) is 8.97. The molecule has 0 saturated carbocycles. The van der Waals surface area contributed by atoms with Gasteiger partial charge >= 0.3 is 0 Å². The van der Waals surface area contributed by atoms with Gasteiger partial charge in [0.2, 0.25) is 0 Å². The SMILES string of the molecule is Nc1cccc2c1cnn2-c1ccc(F)cc1. The summed E-state index contributed by atoms with van der Waals surface area (Å²) in [5, 5.41) is 5.17. The first-order chi connectivity index (χ1) is 8.25. The highest BCUT2D eigenvalue weighted by Crippen LogP contribution is 2.22. The summed E-state index contributed by atoms with van der Waals surface area (Å²) in [6, 6.07) is 11.8. The number of nitrogens with two attached hydrogens (primary N) is 1. The average Bonchev–Trinajstić information content (AvgIpc) is 2.75. The van der Waals surface area contributed by atoms with Crippen LogP contribution in [0, 0.1) is 5.82 Å². The van der Waals surface area contributed by atoms with Crippen molar-refractivity contribution in [3.63, 3.8) is 0 Å². The van der Waals surface area contributed by atoms with Crippen LogP contribution in [0.25, 0.3) is 16.6 Å². The number of nitrogens with zero attached hydrogens (tertiary/aromatic N) is 2. The molecule has 0 unspecified atom stereocenters. The van der Waals surface area contributed by atoms with Crippen LogP contribution >= 0.6 is 0 Å². The molecule has 0 amide bonds. The van der Waals surface area contributed by atoms with Crippen LogP contribution in [0.2, 0.25) is 0 Å². The van der Waals surface area contributed by atoms with Crippen molar-refractivity contribution in [2.45, 2.75) is 0 Å². The summed E-state index contributed by atoms with van der Waals surface area (Å²) >= 11 is 0. The summed E-state index contributed by atoms with van der Waals surface area (Å²) in [6.45, 7) is 0. The van der Waals surface area contributed by atoms with Crippen LogP contribution in [-0.2, 0) is 0 Å². The van der Waals surface area contributed by atoms with E-state index in [2.05, 4.69) is 5.10 Å². The highest BCUT2D eigenvalue weighted by molar-refractivity contribution is 5.91. The summed E-state index contributed by atoms with van der Waals surface area (Å²) in [6.07, 6.45) is 1.72. The molecule has 0 aliphatic rings. The van der Waals surface area contributed by atoms with E-state index >= 15 is 0 Å². The van der Waals surface area contributed by atoms with Gasteiger partial charge in [0.15, 0.2) is 0 Å². The smallest absolute Gasteiger partial charge is 0.123 e. The quantitative estimate of drug-likeness (QED) is 0.649. The van der Waals surface area contributed by atoms with Gasteiger partial charge in [0, 0.05) is 11.1 Å². The number of rotatable bonds is 1. The summed E-state index contributed by atoms with van der Waals surface area (Å²) in [5.74, 6) is -0.260. The first kappa shape index (κ1) is 9.84. The third-order valence-electron chi connectivity index (χ3n) is 2.72. The highest BCUT2D eigenvalue weighted by Gasteiger charge is 2.06. The lowest BCUT2D eigenvalue weighted by Crippen LogP contribution is -1.96. The van der Waals surface area contributed by atoms with Gasteiger partial charge in [0.05, 0.1) is 17.4 Å². The Morgan fingerprint density at radius 1 is 1.06 bits per heavy atom. The Balaban J connectivity index is 2.24. The summed E-state index contributed by atoms with van der Waals surface area (Å²) in [5.41, 5.74) is 8.27. The van der Waals surface area contributed by atoms with Crippen LogP contribution in [0.5, 0.6) is 0 Å². The second-order valence-electron chi connectivity index (χ2n) is 3.81. The maximum atomic E-state index is 12.9. The Kier molecular flexibility index (Phi) is 2.08. The molecule has 17 heavy (non-hydrogen) atoms. The van der Waals surface area contributed by atoms with Crippen molar-refractivity contribution in [1.82, 2.24) is 9.78 Å². The van der Waals surface area contributed by atoms with Crippen molar-refractivity contribution < 1.29 is 4.39 Å². The fourth-order valence-corrected chi connectivity index (χ4v) is 1.86. The van der Waals surface area contributed by atoms with Crippen molar-refractivity contribution in [3.05, 3.63) is 54.5 Å². The molecular formula is C13H10FN3. The van der Waals surface area contributed by atoms with E-state index in [9.17, 15) is 4.39 Å². The molecule has 0 aliphatic heterocycles. The summed E-state index contributed by atoms with van der Waals surface area (Å²) in [4.78, 5) is 0. The molecule has 3 aromatic rings. The van der Waals surface area contributed by atoms with Gasteiger partial charge < -0.3 is 5.73 Å². The molecule has 3 rings (SSSR count). The van der Waals surface area contributed by atoms with Gasteiger partial charge in [-0.3, -0.25) is 0 Å². The van der Waals surface area contributed by atoms with Crippen LogP contribution in [0.3, 0.4) is 0 Å². The lowest BCUT2D eigenvalue weighted by molar-refractivity contribution is 0.627. The number of hydrogen-bond acceptors (Lipinski definition) is 2. The topological polar surface area (TPSA) is 43.8 Å². The Bertz CT molecular complexity index is 671. The molecule has 84 valence electrons. The van der Waals surface area contributed by atoms with E-state index in [0.29, 0.717) is 5.69 Å². The Labute approximate surface area is 97.3 Å². The molecule has 1 heterocycles. The number of halogens is 1. The number of hydrogen-bond donors (Lipinski definition) is 1. The molecule has 0 spiro atoms. The van der Waals surface area contributed by atoms with Gasteiger partial charge in [-0.15, -0.1) is 0 Å². The first-order valence-electron chi connectivity index (χ1n) is 5.24. The maximum absolute atomic E-state index is 12.9. The molecule has 0 fully saturated rings. The van der Waals surface area contributed by atoms with Crippen molar-refractivity contribution in [2.24, 2.45) is 0 Å². The fraction of sp³-hybridized carbons (Fsp3) is 0. The van der Waals surface area contributed by atoms with Crippen LogP contribution in [0.4, 0.5) is 10.1 Å². The van der Waals surface area contributed by atoms with Crippen LogP contribution in [-0.4, -0.2) is 9.78 Å². The van der Waals surface area contributed by atoms with E-state index in [1.807, 2.05) is 18.2 Å². The van der Waals surface area contributed by atoms with E-state index in [-0.39, 0.29) is 5.82 Å². The second-order valence-corrected chi connectivity index (χ2v) is 3.81. The molecular weight excluding hydrogens is 217 g/mol. The minimum atomic E-state index is -0.260. The highest BCUT2D eigenvalue weighted by atomic mass is 19.1. The molecule has 2 N–H and O–H groups in total. The van der Waals surface area contributed by atoms with Gasteiger partial charge in [-0.2, -0.15) is 5.10 Å². The molecule has 0 bridgehead atoms. The van der Waals surface area contributed by atoms with Crippen molar-refractivity contribution in [1.29, 1.82) is 0 Å². The van der Waals surface area contributed by atoms with Gasteiger partial charge in [0.25, 0.3) is 0 Å². The standard InChI is InChI=1S/C13H10FN3/c14-9-4-6-10(7-5-9)17-13-3-1-2-12(15)11(13)8-16-17/h1-8H,15H2. The zero-order chi connectivity index (χ0) is 11.8. The molecule has 0 atom stereocenters. The van der Waals surface area contributed by atoms with E-state index < -0.39 is 0 Å². The predicted molar refractivity (Wildman–Crippen MR) is 65.4 cm³/mol. The van der Waals surface area contributed by atoms with E-state index in [1.54, 1.807) is 23.0 Å². The summed E-state index contributed by atoms with van der Waals surface area (Å²) < 4.78 is 14.6. The van der Waals surface area contributed by atoms with Crippen molar-refractivity contribution in [3.8, 4) is 5.69 Å². The van der Waals surface area contributed by atoms with E-state index in [0.717, 1.165) is 16.6 Å². The number of fused-ring (bicyclic) bond motifs is 1. The molecule has 3 nitrogen and oxygen atoms in total. The molecule has 2 aromatic carbocycles. The van der Waals surface area contributed by atoms with E-state index in [4.69, 9.17) is 5.73 Å². The molecule has 0 aliphatic carbocycles. The largest absolute Gasteiger partial charge is 0.398 e. The number of aromatic nitrogens is 2. The van der Waals surface area contributed by atoms with Gasteiger partial charge in [-0.05, 0) is 36.4 Å². The number of benzene rings is 2. The van der Waals surface area contributed by atoms with E-state index in [1.165, 1.54) is 12.1 Å². The average molecular weight is 227 g/mol. The lowest BCUT2D eigenvalue weighted by Gasteiger charge is -2.03. The van der Waals surface area contributed by atoms with Crippen molar-refractivity contribution in [2.75, 3.05) is 5.73 Å². The maximum Gasteiger partial charge on any atom is 0.123 e. The van der Waals surface area contributed by atoms with Crippen LogP contribution in [0.15, 0.2) is 48.7 Å². The van der Waals surface area contributed by atoms with Crippen molar-refractivity contribution >= 4 is 16.6 Å². The van der Waals surface area contributed by atoms with Gasteiger partial charge in [-0.25, -0.2) is 9.07 Å². The van der Waals surface area contributed by atoms with Gasteiger partial charge in [-0.1, -0.05) is 6.07 Å². The fourth-order valence-electron chi connectivity index (χ4n) is 1.86. The van der Waals surface area contributed by atoms with Crippen LogP contribution < -0.4 is 5.73 Å². The molecule has 0 saturated heterocycles. The monoisotopic (exact) mass is 227 g/mol.